The first kappa shape index (κ1) is 38.3. The summed E-state index contributed by atoms with van der Waals surface area (Å²) in [6.07, 6.45) is 25.7. The molecule has 0 spiro atoms. The Morgan fingerprint density at radius 1 is 0.667 bits per heavy atom. The summed E-state index contributed by atoms with van der Waals surface area (Å²) in [5, 5.41) is 0. The first-order chi connectivity index (χ1) is 23.5. The fourth-order valence-corrected chi connectivity index (χ4v) is 8.48. The summed E-state index contributed by atoms with van der Waals surface area (Å²) in [5.41, 5.74) is 0.913. The van der Waals surface area contributed by atoms with Gasteiger partial charge in [0.2, 0.25) is 0 Å². The monoisotopic (exact) mass is 663 g/mol. The molecule has 2 aliphatic carbocycles. The van der Waals surface area contributed by atoms with Crippen molar-refractivity contribution >= 4 is 6.16 Å². The summed E-state index contributed by atoms with van der Waals surface area (Å²) >= 11 is 0. The molecule has 2 aromatic rings. The Bertz CT molecular complexity index is 1060. The summed E-state index contributed by atoms with van der Waals surface area (Å²) in [5.74, 6) is 0. The number of hydrogen-bond acceptors (Lipinski definition) is 7. The van der Waals surface area contributed by atoms with Crippen LogP contribution in [0.1, 0.15) is 142 Å². The molecule has 2 aliphatic rings. The SMILES string of the molecule is CCCCN(CCCC)C1CCCCC1(Cc1cccnc1)OC(=O)OC1(Cc2cccnc2)CCCCC1N(CCCC)CCCC. The highest BCUT2D eigenvalue weighted by molar-refractivity contribution is 5.62. The largest absolute Gasteiger partial charge is 0.509 e. The van der Waals surface area contributed by atoms with Crippen LogP contribution in [0.25, 0.3) is 0 Å². The minimum Gasteiger partial charge on any atom is -0.426 e. The van der Waals surface area contributed by atoms with Gasteiger partial charge in [0.1, 0.15) is 11.2 Å². The van der Waals surface area contributed by atoms with Crippen LogP contribution in [0.2, 0.25) is 0 Å². The molecule has 4 unspecified atom stereocenters. The van der Waals surface area contributed by atoms with Crippen LogP contribution in [0, 0.1) is 0 Å². The summed E-state index contributed by atoms with van der Waals surface area (Å²) in [4.78, 5) is 28.9. The van der Waals surface area contributed by atoms with Gasteiger partial charge in [0.15, 0.2) is 0 Å². The number of carbonyl (C=O) groups is 1. The number of pyridine rings is 2. The van der Waals surface area contributed by atoms with Crippen LogP contribution in [0.15, 0.2) is 49.1 Å². The summed E-state index contributed by atoms with van der Waals surface area (Å²) in [6.45, 7) is 13.2. The molecule has 7 heteroatoms. The molecule has 4 rings (SSSR count). The molecule has 2 saturated carbocycles. The predicted octanol–water partition coefficient (Wildman–Crippen LogP) is 9.58. The van der Waals surface area contributed by atoms with Crippen LogP contribution in [-0.2, 0) is 22.3 Å². The number of aromatic nitrogens is 2. The zero-order valence-electron chi connectivity index (χ0n) is 30.8. The maximum Gasteiger partial charge on any atom is 0.509 e. The van der Waals surface area contributed by atoms with E-state index in [1.54, 1.807) is 0 Å². The number of nitrogens with zero attached hydrogens (tertiary/aromatic N) is 4. The fraction of sp³-hybridized carbons (Fsp3) is 0.732. The molecule has 268 valence electrons. The van der Waals surface area contributed by atoms with Crippen LogP contribution < -0.4 is 0 Å². The molecule has 0 aliphatic heterocycles. The van der Waals surface area contributed by atoms with Gasteiger partial charge in [-0.1, -0.05) is 78.4 Å². The molecule has 2 heterocycles. The lowest BCUT2D eigenvalue weighted by molar-refractivity contribution is -0.147. The van der Waals surface area contributed by atoms with Crippen LogP contribution in [0.4, 0.5) is 4.79 Å². The van der Waals surface area contributed by atoms with E-state index < -0.39 is 17.4 Å². The highest BCUT2D eigenvalue weighted by Crippen LogP contribution is 2.42. The molecule has 7 nitrogen and oxygen atoms in total. The Morgan fingerprint density at radius 2 is 1.06 bits per heavy atom. The van der Waals surface area contributed by atoms with Crippen molar-refractivity contribution in [3.8, 4) is 0 Å². The first-order valence-electron chi connectivity index (χ1n) is 19.7. The third kappa shape index (κ3) is 10.7. The Balaban J connectivity index is 1.71. The van der Waals surface area contributed by atoms with E-state index in [0.29, 0.717) is 12.8 Å². The van der Waals surface area contributed by atoms with Crippen molar-refractivity contribution in [2.45, 2.75) is 167 Å². The van der Waals surface area contributed by atoms with E-state index in [-0.39, 0.29) is 12.1 Å². The van der Waals surface area contributed by atoms with E-state index in [0.717, 1.165) is 140 Å². The second-order valence-corrected chi connectivity index (χ2v) is 14.7. The number of rotatable bonds is 20. The average Bonchev–Trinajstić information content (AvgIpc) is 3.10. The third-order valence-electron chi connectivity index (χ3n) is 11.0. The van der Waals surface area contributed by atoms with Gasteiger partial charge in [-0.05, 0) is 114 Å². The molecule has 2 fully saturated rings. The van der Waals surface area contributed by atoms with E-state index in [9.17, 15) is 4.79 Å². The minimum absolute atomic E-state index is 0.152. The van der Waals surface area contributed by atoms with Gasteiger partial charge in [0, 0.05) is 49.7 Å². The summed E-state index contributed by atoms with van der Waals surface area (Å²) in [6, 6.07) is 8.58. The highest BCUT2D eigenvalue weighted by atomic mass is 16.7. The van der Waals surface area contributed by atoms with E-state index in [2.05, 4.69) is 59.6 Å². The van der Waals surface area contributed by atoms with E-state index in [1.807, 2.05) is 36.9 Å². The summed E-state index contributed by atoms with van der Waals surface area (Å²) < 4.78 is 13.9. The van der Waals surface area contributed by atoms with Gasteiger partial charge in [-0.15, -0.1) is 0 Å². The van der Waals surface area contributed by atoms with Gasteiger partial charge in [-0.3, -0.25) is 19.8 Å². The molecule has 0 aromatic carbocycles. The molecule has 48 heavy (non-hydrogen) atoms. The van der Waals surface area contributed by atoms with Gasteiger partial charge < -0.3 is 9.47 Å². The molecule has 2 aromatic heterocycles. The Hall–Kier alpha value is -2.51. The quantitative estimate of drug-likeness (QED) is 0.131. The van der Waals surface area contributed by atoms with Crippen LogP contribution in [0.3, 0.4) is 0 Å². The minimum atomic E-state index is -0.663. The van der Waals surface area contributed by atoms with Crippen molar-refractivity contribution in [1.29, 1.82) is 0 Å². The fourth-order valence-electron chi connectivity index (χ4n) is 8.48. The summed E-state index contributed by atoms with van der Waals surface area (Å²) in [7, 11) is 0. The second kappa shape index (κ2) is 20.2. The number of ether oxygens (including phenoxy) is 2. The molecular formula is C41H66N4O3. The molecule has 4 atom stereocenters. The molecule has 0 saturated heterocycles. The van der Waals surface area contributed by atoms with Gasteiger partial charge >= 0.3 is 6.16 Å². The van der Waals surface area contributed by atoms with Crippen molar-refractivity contribution in [1.82, 2.24) is 19.8 Å². The van der Waals surface area contributed by atoms with E-state index in [1.165, 1.54) is 0 Å². The lowest BCUT2D eigenvalue weighted by atomic mass is 9.75. The lowest BCUT2D eigenvalue weighted by Gasteiger charge is -2.51. The van der Waals surface area contributed by atoms with Crippen LogP contribution in [0.5, 0.6) is 0 Å². The third-order valence-corrected chi connectivity index (χ3v) is 11.0. The second-order valence-electron chi connectivity index (χ2n) is 14.7. The van der Waals surface area contributed by atoms with Crippen molar-refractivity contribution in [3.05, 3.63) is 60.2 Å². The van der Waals surface area contributed by atoms with Gasteiger partial charge in [0.25, 0.3) is 0 Å². The van der Waals surface area contributed by atoms with Crippen molar-refractivity contribution < 1.29 is 14.3 Å². The normalized spacial score (nSPS) is 24.5. The van der Waals surface area contributed by atoms with Crippen LogP contribution in [-0.4, -0.2) is 75.4 Å². The predicted molar refractivity (Wildman–Crippen MR) is 196 cm³/mol. The Labute approximate surface area is 292 Å². The van der Waals surface area contributed by atoms with E-state index >= 15 is 0 Å². The van der Waals surface area contributed by atoms with Gasteiger partial charge in [-0.25, -0.2) is 4.79 Å². The molecule has 0 bridgehead atoms. The van der Waals surface area contributed by atoms with Crippen molar-refractivity contribution in [2.75, 3.05) is 26.2 Å². The van der Waals surface area contributed by atoms with Crippen molar-refractivity contribution in [3.63, 3.8) is 0 Å². The average molecular weight is 663 g/mol. The van der Waals surface area contributed by atoms with Crippen LogP contribution >= 0.6 is 0 Å². The molecule has 0 radical (unpaired) electrons. The number of unbranched alkanes of at least 4 members (excludes halogenated alkanes) is 4. The molecular weight excluding hydrogens is 596 g/mol. The molecule has 0 N–H and O–H groups in total. The first-order valence-corrected chi connectivity index (χ1v) is 19.7. The van der Waals surface area contributed by atoms with Gasteiger partial charge in [-0.2, -0.15) is 0 Å². The highest BCUT2D eigenvalue weighted by Gasteiger charge is 2.51. The van der Waals surface area contributed by atoms with E-state index in [4.69, 9.17) is 9.47 Å². The lowest BCUT2D eigenvalue weighted by Crippen LogP contribution is -2.61. The smallest absolute Gasteiger partial charge is 0.426 e. The van der Waals surface area contributed by atoms with Crippen molar-refractivity contribution in [2.24, 2.45) is 0 Å². The number of hydrogen-bond donors (Lipinski definition) is 0. The standard InChI is InChI=1S/C41H66N4O3/c1-5-9-27-44(28-10-6-2)37-21-13-15-23-40(37,31-35-19-17-25-42-33-35)47-39(46)48-41(32-36-20-18-26-43-34-36)24-16-14-22-38(41)45(29-11-7-3)30-12-8-4/h17-20,25-26,33-34,37-38H,5-16,21-24,27-32H2,1-4H3. The Morgan fingerprint density at radius 3 is 1.40 bits per heavy atom. The maximum absolute atomic E-state index is 14.7. The van der Waals surface area contributed by atoms with Gasteiger partial charge in [0.05, 0.1) is 0 Å². The molecule has 0 amide bonds. The number of carbonyl (C=O) groups excluding carboxylic acids is 1. The zero-order chi connectivity index (χ0) is 34.1. The zero-order valence-corrected chi connectivity index (χ0v) is 30.8. The Kier molecular flexibility index (Phi) is 16.1. The topological polar surface area (TPSA) is 67.8 Å². The maximum atomic E-state index is 14.7.